The topological polar surface area (TPSA) is 12.0 Å². The molecule has 0 unspecified atom stereocenters. The maximum atomic E-state index is 3.44. The molecule has 1 nitrogen and oxygen atoms in total. The van der Waals surface area contributed by atoms with Crippen molar-refractivity contribution in [1.29, 1.82) is 0 Å². The fraction of sp³-hybridized carbons (Fsp3) is 0. The Morgan fingerprint density at radius 3 is 1.79 bits per heavy atom. The Morgan fingerprint density at radius 1 is 0.714 bits per heavy atom. The van der Waals surface area contributed by atoms with Crippen LogP contribution in [0.1, 0.15) is 0 Å². The van der Waals surface area contributed by atoms with Crippen LogP contribution in [0.25, 0.3) is 0 Å². The van der Waals surface area contributed by atoms with Gasteiger partial charge in [-0.2, -0.15) is 0 Å². The summed E-state index contributed by atoms with van der Waals surface area (Å²) in [5.41, 5.74) is 5.25. The molecule has 2 aromatic carbocycles. The SMILES string of the molecule is B1c2ccccc2Nc2ccccc21. The summed E-state index contributed by atoms with van der Waals surface area (Å²) in [6, 6.07) is 16.9. The van der Waals surface area contributed by atoms with E-state index in [-0.39, 0.29) is 0 Å². The van der Waals surface area contributed by atoms with Gasteiger partial charge in [0.25, 0.3) is 0 Å². The van der Waals surface area contributed by atoms with Gasteiger partial charge in [0.1, 0.15) is 0 Å². The minimum Gasteiger partial charge on any atom is -0.356 e. The van der Waals surface area contributed by atoms with E-state index in [1.165, 1.54) is 22.3 Å². The fourth-order valence-corrected chi connectivity index (χ4v) is 1.94. The zero-order valence-electron chi connectivity index (χ0n) is 7.83. The molecular weight excluding hydrogens is 169 g/mol. The first-order chi connectivity index (χ1) is 6.93. The highest BCUT2D eigenvalue weighted by molar-refractivity contribution is 6.71. The lowest BCUT2D eigenvalue weighted by Crippen LogP contribution is -2.35. The van der Waals surface area contributed by atoms with E-state index in [0.29, 0.717) is 0 Å². The fourth-order valence-electron chi connectivity index (χ4n) is 1.94. The largest absolute Gasteiger partial charge is 0.356 e. The monoisotopic (exact) mass is 179 g/mol. The van der Waals surface area contributed by atoms with Crippen LogP contribution in [-0.2, 0) is 0 Å². The molecule has 14 heavy (non-hydrogen) atoms. The minimum absolute atomic E-state index is 1.04. The van der Waals surface area contributed by atoms with Crippen LogP contribution in [-0.4, -0.2) is 7.28 Å². The molecule has 0 atom stereocenters. The summed E-state index contributed by atoms with van der Waals surface area (Å²) < 4.78 is 0. The van der Waals surface area contributed by atoms with Gasteiger partial charge in [-0.05, 0) is 12.1 Å². The second-order valence-electron chi connectivity index (χ2n) is 3.62. The van der Waals surface area contributed by atoms with E-state index in [2.05, 4.69) is 53.8 Å². The highest BCUT2D eigenvalue weighted by atomic mass is 14.9. The van der Waals surface area contributed by atoms with Crippen LogP contribution in [0.15, 0.2) is 48.5 Å². The normalized spacial score (nSPS) is 12.0. The van der Waals surface area contributed by atoms with Crippen LogP contribution in [0.2, 0.25) is 0 Å². The van der Waals surface area contributed by atoms with Gasteiger partial charge in [0.15, 0.2) is 7.28 Å². The molecule has 2 heteroatoms. The van der Waals surface area contributed by atoms with Crippen molar-refractivity contribution in [2.45, 2.75) is 0 Å². The smallest absolute Gasteiger partial charge is 0.197 e. The molecule has 0 aromatic heterocycles. The average Bonchev–Trinajstić information content (AvgIpc) is 2.26. The van der Waals surface area contributed by atoms with Crippen LogP contribution < -0.4 is 16.2 Å². The lowest BCUT2D eigenvalue weighted by atomic mass is 9.61. The molecule has 0 aliphatic carbocycles. The Bertz CT molecular complexity index is 392. The second kappa shape index (κ2) is 2.91. The Hall–Kier alpha value is -1.70. The summed E-state index contributed by atoms with van der Waals surface area (Å²) in [6.07, 6.45) is 0. The van der Waals surface area contributed by atoms with Crippen LogP contribution in [0, 0.1) is 0 Å². The molecule has 0 radical (unpaired) electrons. The summed E-state index contributed by atoms with van der Waals surface area (Å²) in [5.74, 6) is 0. The molecule has 3 rings (SSSR count). The van der Waals surface area contributed by atoms with Gasteiger partial charge in [0.2, 0.25) is 0 Å². The number of anilines is 2. The van der Waals surface area contributed by atoms with E-state index < -0.39 is 0 Å². The van der Waals surface area contributed by atoms with Gasteiger partial charge < -0.3 is 5.32 Å². The van der Waals surface area contributed by atoms with Crippen molar-refractivity contribution >= 4 is 29.6 Å². The number of fused-ring (bicyclic) bond motifs is 2. The second-order valence-corrected chi connectivity index (χ2v) is 3.62. The third-order valence-electron chi connectivity index (χ3n) is 2.68. The first-order valence-electron chi connectivity index (χ1n) is 4.86. The third kappa shape index (κ3) is 1.11. The number of hydrogen-bond donors (Lipinski definition) is 1. The Labute approximate surface area is 84.0 Å². The van der Waals surface area contributed by atoms with Crippen LogP contribution in [0.4, 0.5) is 11.4 Å². The number of benzene rings is 2. The molecule has 1 aliphatic rings. The molecule has 1 N–H and O–H groups in total. The zero-order valence-corrected chi connectivity index (χ0v) is 7.83. The van der Waals surface area contributed by atoms with E-state index in [4.69, 9.17) is 0 Å². The van der Waals surface area contributed by atoms with Crippen molar-refractivity contribution in [2.75, 3.05) is 5.32 Å². The standard InChI is InChI=1S/C12H10BN/c1-3-7-11-9(5-1)13-10-6-2-4-8-12(10)14-11/h1-8,13-14H. The van der Waals surface area contributed by atoms with Crippen molar-refractivity contribution in [1.82, 2.24) is 0 Å². The van der Waals surface area contributed by atoms with Crippen LogP contribution >= 0.6 is 0 Å². The molecular formula is C12H10BN. The summed E-state index contributed by atoms with van der Waals surface area (Å²) in [4.78, 5) is 0. The Balaban J connectivity index is 2.12. The predicted molar refractivity (Wildman–Crippen MR) is 62.6 cm³/mol. The molecule has 0 fully saturated rings. The van der Waals surface area contributed by atoms with Crippen LogP contribution in [0.5, 0.6) is 0 Å². The van der Waals surface area contributed by atoms with Crippen molar-refractivity contribution in [3.8, 4) is 0 Å². The van der Waals surface area contributed by atoms with Gasteiger partial charge >= 0.3 is 0 Å². The van der Waals surface area contributed by atoms with Gasteiger partial charge in [-0.25, -0.2) is 0 Å². The van der Waals surface area contributed by atoms with Crippen LogP contribution in [0.3, 0.4) is 0 Å². The molecule has 0 amide bonds. The summed E-state index contributed by atoms with van der Waals surface area (Å²) in [6.45, 7) is 0. The first kappa shape index (κ1) is 7.68. The molecule has 0 spiro atoms. The van der Waals surface area contributed by atoms with Crippen molar-refractivity contribution in [3.05, 3.63) is 48.5 Å². The van der Waals surface area contributed by atoms with Gasteiger partial charge in [0.05, 0.1) is 0 Å². The molecule has 2 aromatic rings. The number of nitrogens with one attached hydrogen (secondary N) is 1. The highest BCUT2D eigenvalue weighted by Crippen LogP contribution is 2.15. The maximum Gasteiger partial charge on any atom is 0.197 e. The Morgan fingerprint density at radius 2 is 1.21 bits per heavy atom. The molecule has 0 bridgehead atoms. The Kier molecular flexibility index (Phi) is 1.60. The molecule has 1 aliphatic heterocycles. The molecule has 0 saturated carbocycles. The van der Waals surface area contributed by atoms with Crippen molar-refractivity contribution in [3.63, 3.8) is 0 Å². The first-order valence-corrected chi connectivity index (χ1v) is 4.86. The minimum atomic E-state index is 1.04. The van der Waals surface area contributed by atoms with Gasteiger partial charge in [-0.15, -0.1) is 0 Å². The maximum absolute atomic E-state index is 3.44. The average molecular weight is 179 g/mol. The summed E-state index contributed by atoms with van der Waals surface area (Å²) in [7, 11) is 1.04. The predicted octanol–water partition coefficient (Wildman–Crippen LogP) is 1.13. The summed E-state index contributed by atoms with van der Waals surface area (Å²) in [5, 5.41) is 3.44. The molecule has 1 heterocycles. The van der Waals surface area contributed by atoms with E-state index in [9.17, 15) is 0 Å². The van der Waals surface area contributed by atoms with E-state index >= 15 is 0 Å². The lowest BCUT2D eigenvalue weighted by Gasteiger charge is -2.20. The third-order valence-corrected chi connectivity index (χ3v) is 2.68. The number of hydrogen-bond acceptors (Lipinski definition) is 1. The van der Waals surface area contributed by atoms with Crippen molar-refractivity contribution in [2.24, 2.45) is 0 Å². The van der Waals surface area contributed by atoms with E-state index in [1.54, 1.807) is 0 Å². The summed E-state index contributed by atoms with van der Waals surface area (Å²) >= 11 is 0. The highest BCUT2D eigenvalue weighted by Gasteiger charge is 2.13. The van der Waals surface area contributed by atoms with Gasteiger partial charge in [-0.3, -0.25) is 0 Å². The lowest BCUT2D eigenvalue weighted by molar-refractivity contribution is 1.58. The van der Waals surface area contributed by atoms with Crippen molar-refractivity contribution < 1.29 is 0 Å². The van der Waals surface area contributed by atoms with E-state index in [0.717, 1.165) is 7.28 Å². The molecule has 0 saturated heterocycles. The number of rotatable bonds is 0. The number of para-hydroxylation sites is 2. The zero-order chi connectivity index (χ0) is 9.38. The van der Waals surface area contributed by atoms with E-state index in [1.807, 2.05) is 0 Å². The quantitative estimate of drug-likeness (QED) is 0.510. The van der Waals surface area contributed by atoms with Gasteiger partial charge in [0, 0.05) is 11.4 Å². The van der Waals surface area contributed by atoms with Gasteiger partial charge in [-0.1, -0.05) is 47.3 Å². The molecule has 66 valence electrons.